The van der Waals surface area contributed by atoms with E-state index in [0.29, 0.717) is 27.3 Å². The number of nitrogens with zero attached hydrogens (tertiary/aromatic N) is 6. The largest absolute Gasteiger partial charge is 0.325 e. The number of ketones is 1. The van der Waals surface area contributed by atoms with Gasteiger partial charge in [-0.25, -0.2) is 14.5 Å². The first-order valence-electron chi connectivity index (χ1n) is 11.7. The van der Waals surface area contributed by atoms with E-state index in [1.165, 1.54) is 29.3 Å². The zero-order valence-electron chi connectivity index (χ0n) is 20.0. The lowest BCUT2D eigenvalue weighted by Gasteiger charge is -2.13. The van der Waals surface area contributed by atoms with Gasteiger partial charge in [-0.2, -0.15) is 0 Å². The Bertz CT molecular complexity index is 1390. The number of pyridine rings is 1. The number of aromatic nitrogens is 6. The number of urea groups is 1. The van der Waals surface area contributed by atoms with Crippen LogP contribution < -0.4 is 10.6 Å². The summed E-state index contributed by atoms with van der Waals surface area (Å²) in [4.78, 5) is 35.8. The fourth-order valence-electron chi connectivity index (χ4n) is 3.99. The average molecular weight is 553 g/mol. The Hall–Kier alpha value is -3.29. The van der Waals surface area contributed by atoms with E-state index in [1.54, 1.807) is 35.8 Å². The van der Waals surface area contributed by atoms with E-state index in [-0.39, 0.29) is 11.7 Å². The van der Waals surface area contributed by atoms with Crippen molar-refractivity contribution in [2.24, 2.45) is 13.0 Å². The van der Waals surface area contributed by atoms with Crippen LogP contribution in [0, 0.1) is 5.92 Å². The summed E-state index contributed by atoms with van der Waals surface area (Å²) in [5.41, 5.74) is 1.70. The topological polar surface area (TPSA) is 128 Å². The summed E-state index contributed by atoms with van der Waals surface area (Å²) in [6.45, 7) is 0. The molecule has 190 valence electrons. The Morgan fingerprint density at radius 3 is 2.70 bits per heavy atom. The zero-order valence-corrected chi connectivity index (χ0v) is 22.4. The molecule has 1 aromatic carbocycles. The molecule has 0 spiro atoms. The average Bonchev–Trinajstić information content (AvgIpc) is 3.66. The molecule has 0 radical (unpaired) electrons. The molecule has 2 N–H and O–H groups in total. The van der Waals surface area contributed by atoms with E-state index >= 15 is 0 Å². The number of aryl methyl sites for hydroxylation is 1. The molecular formula is C24H24N8O2S3. The van der Waals surface area contributed by atoms with E-state index < -0.39 is 6.03 Å². The third kappa shape index (κ3) is 6.35. The molecule has 3 aromatic heterocycles. The van der Waals surface area contributed by atoms with Crippen molar-refractivity contribution in [3.63, 3.8) is 0 Å². The van der Waals surface area contributed by atoms with Crippen molar-refractivity contribution in [1.29, 1.82) is 0 Å². The van der Waals surface area contributed by atoms with Crippen LogP contribution in [0.3, 0.4) is 0 Å². The number of thiazole rings is 1. The van der Waals surface area contributed by atoms with Gasteiger partial charge < -0.3 is 5.32 Å². The minimum atomic E-state index is -0.485. The van der Waals surface area contributed by atoms with Gasteiger partial charge in [0.05, 0.1) is 21.8 Å². The van der Waals surface area contributed by atoms with Crippen molar-refractivity contribution < 1.29 is 9.59 Å². The predicted octanol–water partition coefficient (Wildman–Crippen LogP) is 5.52. The highest BCUT2D eigenvalue weighted by Crippen LogP contribution is 2.38. The van der Waals surface area contributed by atoms with Crippen LogP contribution in [0.15, 0.2) is 63.1 Å². The summed E-state index contributed by atoms with van der Waals surface area (Å²) in [7, 11) is 1.77. The summed E-state index contributed by atoms with van der Waals surface area (Å²) in [5.74, 6) is 0.671. The molecule has 1 aliphatic carbocycles. The Labute approximate surface area is 226 Å². The second-order valence-corrected chi connectivity index (χ2v) is 11.7. The molecule has 4 aromatic rings. The highest BCUT2D eigenvalue weighted by Gasteiger charge is 2.26. The van der Waals surface area contributed by atoms with Gasteiger partial charge in [-0.15, -0.1) is 16.9 Å². The maximum atomic E-state index is 13.0. The minimum Gasteiger partial charge on any atom is -0.305 e. The van der Waals surface area contributed by atoms with Gasteiger partial charge in [0.15, 0.2) is 10.9 Å². The molecule has 10 nitrogen and oxygen atoms in total. The number of amides is 2. The quantitative estimate of drug-likeness (QED) is 0.204. The summed E-state index contributed by atoms with van der Waals surface area (Å²) in [6, 6.07) is 11.2. The van der Waals surface area contributed by atoms with E-state index in [0.717, 1.165) is 40.5 Å². The van der Waals surface area contributed by atoms with Gasteiger partial charge in [0.1, 0.15) is 0 Å². The van der Waals surface area contributed by atoms with Crippen LogP contribution in [-0.2, 0) is 12.8 Å². The Balaban J connectivity index is 1.31. The van der Waals surface area contributed by atoms with Gasteiger partial charge >= 0.3 is 6.03 Å². The normalized spacial score (nSPS) is 13.5. The maximum Gasteiger partial charge on any atom is 0.325 e. The summed E-state index contributed by atoms with van der Waals surface area (Å²) < 4.78 is 2.47. The third-order valence-electron chi connectivity index (χ3n) is 5.83. The van der Waals surface area contributed by atoms with Crippen LogP contribution in [0.4, 0.5) is 15.6 Å². The Kier molecular flexibility index (Phi) is 8.12. The molecule has 0 bridgehead atoms. The highest BCUT2D eigenvalue weighted by atomic mass is 32.2. The van der Waals surface area contributed by atoms with Crippen molar-refractivity contribution in [3.8, 4) is 0 Å². The van der Waals surface area contributed by atoms with Gasteiger partial charge in [0, 0.05) is 35.4 Å². The molecule has 1 saturated carbocycles. The van der Waals surface area contributed by atoms with Crippen LogP contribution in [0.2, 0.25) is 0 Å². The number of hydrogen-bond acceptors (Lipinski definition) is 10. The number of carbonyl (C=O) groups is 2. The molecule has 0 saturated heterocycles. The maximum absolute atomic E-state index is 13.0. The van der Waals surface area contributed by atoms with E-state index in [2.05, 4.69) is 36.1 Å². The number of hydrogen-bond donors (Lipinski definition) is 2. The monoisotopic (exact) mass is 552 g/mol. The van der Waals surface area contributed by atoms with Gasteiger partial charge in [-0.1, -0.05) is 42.4 Å². The molecule has 0 unspecified atom stereocenters. The summed E-state index contributed by atoms with van der Waals surface area (Å²) in [6.07, 6.45) is 6.98. The smallest absolute Gasteiger partial charge is 0.305 e. The molecule has 5 rings (SSSR count). The van der Waals surface area contributed by atoms with Crippen LogP contribution in [0.1, 0.15) is 41.7 Å². The van der Waals surface area contributed by atoms with Crippen molar-refractivity contribution in [3.05, 3.63) is 60.0 Å². The molecule has 37 heavy (non-hydrogen) atoms. The lowest BCUT2D eigenvalue weighted by molar-refractivity contribution is 0.0923. The van der Waals surface area contributed by atoms with Crippen molar-refractivity contribution in [2.75, 3.05) is 10.6 Å². The predicted molar refractivity (Wildman–Crippen MR) is 144 cm³/mol. The number of carbonyl (C=O) groups excluding carboxylic acids is 2. The minimum absolute atomic E-state index is 0.00401. The molecule has 0 atom stereocenters. The standard InChI is InChI=1S/C24H24N8O2S3/c1-32-24(29-30-31-32)37-21-19(14-35-16-9-3-2-4-10-16)27-23(36-21)28-22(34)26-18-13-25-12-11-17(18)20(33)15-7-5-6-8-15/h2-4,9-13,15H,5-8,14H2,1H3,(H2,26,27,28,34). The first-order valence-corrected chi connectivity index (χ1v) is 14.3. The third-order valence-corrected chi connectivity index (χ3v) is 9.11. The fraction of sp³-hybridized carbons (Fsp3) is 0.292. The van der Waals surface area contributed by atoms with Crippen LogP contribution in [0.5, 0.6) is 0 Å². The van der Waals surface area contributed by atoms with E-state index in [9.17, 15) is 9.59 Å². The first kappa shape index (κ1) is 25.4. The second kappa shape index (κ2) is 11.8. The highest BCUT2D eigenvalue weighted by molar-refractivity contribution is 8.01. The number of rotatable bonds is 9. The van der Waals surface area contributed by atoms with Crippen LogP contribution >= 0.6 is 34.9 Å². The number of anilines is 2. The molecule has 0 aliphatic heterocycles. The van der Waals surface area contributed by atoms with Gasteiger partial charge in [0.2, 0.25) is 5.16 Å². The van der Waals surface area contributed by atoms with E-state index in [4.69, 9.17) is 0 Å². The fourth-order valence-corrected chi connectivity index (χ4v) is 7.02. The number of benzene rings is 1. The summed E-state index contributed by atoms with van der Waals surface area (Å²) >= 11 is 4.40. The van der Waals surface area contributed by atoms with Gasteiger partial charge in [0.25, 0.3) is 0 Å². The molecule has 2 amide bonds. The second-order valence-electron chi connectivity index (χ2n) is 8.39. The lowest BCUT2D eigenvalue weighted by Crippen LogP contribution is -2.22. The summed E-state index contributed by atoms with van der Waals surface area (Å²) in [5, 5.41) is 18.3. The Morgan fingerprint density at radius 1 is 1.14 bits per heavy atom. The first-order chi connectivity index (χ1) is 18.1. The van der Waals surface area contributed by atoms with Crippen LogP contribution in [-0.4, -0.2) is 42.0 Å². The molecular weight excluding hydrogens is 529 g/mol. The number of tetrazole rings is 1. The number of Topliss-reactive ketones (excluding diaryl/α,β-unsaturated/α-hetero) is 1. The molecule has 1 aliphatic rings. The Morgan fingerprint density at radius 2 is 1.95 bits per heavy atom. The molecule has 1 fully saturated rings. The molecule has 13 heteroatoms. The molecule has 3 heterocycles. The van der Waals surface area contributed by atoms with Crippen molar-refractivity contribution in [2.45, 2.75) is 45.7 Å². The number of thioether (sulfide) groups is 1. The van der Waals surface area contributed by atoms with E-state index in [1.807, 2.05) is 30.3 Å². The zero-order chi connectivity index (χ0) is 25.6. The van der Waals surface area contributed by atoms with Crippen LogP contribution in [0.25, 0.3) is 0 Å². The van der Waals surface area contributed by atoms with Crippen molar-refractivity contribution >= 4 is 57.5 Å². The van der Waals surface area contributed by atoms with Gasteiger partial charge in [-0.05, 0) is 53.2 Å². The number of nitrogens with one attached hydrogen (secondary N) is 2. The van der Waals surface area contributed by atoms with Gasteiger partial charge in [-0.3, -0.25) is 15.1 Å². The SMILES string of the molecule is Cn1nnnc1Sc1sc(NC(=O)Nc2cnccc2C(=O)C2CCCC2)nc1CSc1ccccc1. The van der Waals surface area contributed by atoms with Crippen molar-refractivity contribution in [1.82, 2.24) is 30.2 Å². The lowest BCUT2D eigenvalue weighted by atomic mass is 9.96.